The highest BCUT2D eigenvalue weighted by atomic mass is 19.1. The molecule has 0 aromatic rings. The SMILES string of the molecule is CCC(CC)C(=O)CC(=O)C1(F)CCC(C)(C)CC1. The largest absolute Gasteiger partial charge is 0.299 e. The third kappa shape index (κ3) is 4.12. The van der Waals surface area contributed by atoms with Crippen molar-refractivity contribution < 1.29 is 14.0 Å². The summed E-state index contributed by atoms with van der Waals surface area (Å²) in [7, 11) is 0. The molecule has 110 valence electrons. The van der Waals surface area contributed by atoms with Crippen LogP contribution >= 0.6 is 0 Å². The molecule has 0 heterocycles. The molecule has 1 aliphatic rings. The molecule has 2 nitrogen and oxygen atoms in total. The zero-order valence-corrected chi connectivity index (χ0v) is 12.7. The quantitative estimate of drug-likeness (QED) is 0.676. The van der Waals surface area contributed by atoms with Crippen molar-refractivity contribution in [1.29, 1.82) is 0 Å². The molecule has 0 atom stereocenters. The zero-order valence-electron chi connectivity index (χ0n) is 12.7. The van der Waals surface area contributed by atoms with E-state index in [0.717, 1.165) is 12.8 Å². The average molecular weight is 270 g/mol. The number of hydrogen-bond acceptors (Lipinski definition) is 2. The van der Waals surface area contributed by atoms with Gasteiger partial charge in [-0.2, -0.15) is 0 Å². The first-order chi connectivity index (χ1) is 8.74. The van der Waals surface area contributed by atoms with Crippen LogP contribution in [0.4, 0.5) is 4.39 Å². The Morgan fingerprint density at radius 2 is 1.53 bits per heavy atom. The summed E-state index contributed by atoms with van der Waals surface area (Å²) in [5.41, 5.74) is -1.63. The molecule has 0 N–H and O–H groups in total. The first-order valence-corrected chi connectivity index (χ1v) is 7.49. The second-order valence-electron chi connectivity index (χ2n) is 6.71. The van der Waals surface area contributed by atoms with E-state index in [1.54, 1.807) is 0 Å². The number of carbonyl (C=O) groups is 2. The number of carbonyl (C=O) groups excluding carboxylic acids is 2. The van der Waals surface area contributed by atoms with Crippen LogP contribution in [0.25, 0.3) is 0 Å². The van der Waals surface area contributed by atoms with Crippen LogP contribution in [0.1, 0.15) is 72.6 Å². The van der Waals surface area contributed by atoms with Crippen LogP contribution in [-0.2, 0) is 9.59 Å². The van der Waals surface area contributed by atoms with Gasteiger partial charge in [0.25, 0.3) is 0 Å². The molecule has 0 radical (unpaired) electrons. The van der Waals surface area contributed by atoms with Crippen molar-refractivity contribution in [1.82, 2.24) is 0 Å². The fraction of sp³-hybridized carbons (Fsp3) is 0.875. The van der Waals surface area contributed by atoms with Gasteiger partial charge in [0.15, 0.2) is 11.5 Å². The van der Waals surface area contributed by atoms with E-state index in [0.29, 0.717) is 12.8 Å². The molecular weight excluding hydrogens is 243 g/mol. The van der Waals surface area contributed by atoms with Gasteiger partial charge in [-0.05, 0) is 43.9 Å². The smallest absolute Gasteiger partial charge is 0.177 e. The van der Waals surface area contributed by atoms with E-state index in [9.17, 15) is 14.0 Å². The van der Waals surface area contributed by atoms with Gasteiger partial charge in [0, 0.05) is 5.92 Å². The fourth-order valence-electron chi connectivity index (χ4n) is 2.81. The second kappa shape index (κ2) is 6.15. The van der Waals surface area contributed by atoms with Crippen LogP contribution in [0.5, 0.6) is 0 Å². The molecule has 1 saturated carbocycles. The van der Waals surface area contributed by atoms with Crippen molar-refractivity contribution in [3.05, 3.63) is 0 Å². The number of alkyl halides is 1. The van der Waals surface area contributed by atoms with Crippen molar-refractivity contribution in [2.75, 3.05) is 0 Å². The van der Waals surface area contributed by atoms with E-state index >= 15 is 0 Å². The van der Waals surface area contributed by atoms with Crippen molar-refractivity contribution in [2.24, 2.45) is 11.3 Å². The number of halogens is 1. The highest BCUT2D eigenvalue weighted by Gasteiger charge is 2.44. The molecule has 0 saturated heterocycles. The van der Waals surface area contributed by atoms with Crippen molar-refractivity contribution in [2.45, 2.75) is 78.3 Å². The summed E-state index contributed by atoms with van der Waals surface area (Å²) in [4.78, 5) is 24.0. The lowest BCUT2D eigenvalue weighted by atomic mass is 9.70. The van der Waals surface area contributed by atoms with Crippen LogP contribution in [0.3, 0.4) is 0 Å². The van der Waals surface area contributed by atoms with Gasteiger partial charge in [-0.3, -0.25) is 9.59 Å². The van der Waals surface area contributed by atoms with E-state index in [2.05, 4.69) is 13.8 Å². The Labute approximate surface area is 116 Å². The van der Waals surface area contributed by atoms with Gasteiger partial charge < -0.3 is 0 Å². The van der Waals surface area contributed by atoms with Crippen molar-refractivity contribution in [3.63, 3.8) is 0 Å². The van der Waals surface area contributed by atoms with Crippen molar-refractivity contribution in [3.8, 4) is 0 Å². The minimum Gasteiger partial charge on any atom is -0.299 e. The molecule has 1 aliphatic carbocycles. The van der Waals surface area contributed by atoms with E-state index in [-0.39, 0.29) is 36.4 Å². The maximum absolute atomic E-state index is 14.6. The first kappa shape index (κ1) is 16.3. The minimum absolute atomic E-state index is 0.0862. The van der Waals surface area contributed by atoms with E-state index in [4.69, 9.17) is 0 Å². The normalized spacial score (nSPS) is 21.4. The van der Waals surface area contributed by atoms with Crippen LogP contribution < -0.4 is 0 Å². The Morgan fingerprint density at radius 1 is 1.05 bits per heavy atom. The lowest BCUT2D eigenvalue weighted by Gasteiger charge is -2.37. The molecule has 0 aromatic carbocycles. The van der Waals surface area contributed by atoms with Crippen LogP contribution in [0.2, 0.25) is 0 Å². The lowest BCUT2D eigenvalue weighted by Crippen LogP contribution is -2.41. The van der Waals surface area contributed by atoms with E-state index in [1.807, 2.05) is 13.8 Å². The molecular formula is C16H27FO2. The summed E-state index contributed by atoms with van der Waals surface area (Å²) in [5.74, 6) is -0.663. The van der Waals surface area contributed by atoms with Crippen LogP contribution in [0.15, 0.2) is 0 Å². The minimum atomic E-state index is -1.75. The molecule has 0 unspecified atom stereocenters. The number of hydrogen-bond donors (Lipinski definition) is 0. The summed E-state index contributed by atoms with van der Waals surface area (Å²) in [6.07, 6.45) is 3.22. The molecule has 0 spiro atoms. The predicted octanol–water partition coefficient (Wildman–Crippen LogP) is 4.26. The monoisotopic (exact) mass is 270 g/mol. The van der Waals surface area contributed by atoms with Gasteiger partial charge in [0.05, 0.1) is 6.42 Å². The Bertz CT molecular complexity index is 333. The number of ketones is 2. The maximum Gasteiger partial charge on any atom is 0.177 e. The second-order valence-corrected chi connectivity index (χ2v) is 6.71. The molecule has 0 amide bonds. The van der Waals surface area contributed by atoms with Gasteiger partial charge in [0.1, 0.15) is 5.78 Å². The Kier molecular flexibility index (Phi) is 5.28. The highest BCUT2D eigenvalue weighted by Crippen LogP contribution is 2.43. The molecule has 0 aromatic heterocycles. The molecule has 3 heteroatoms. The average Bonchev–Trinajstić information content (AvgIpc) is 2.35. The zero-order chi connectivity index (χ0) is 14.7. The van der Waals surface area contributed by atoms with Gasteiger partial charge >= 0.3 is 0 Å². The van der Waals surface area contributed by atoms with Gasteiger partial charge in [-0.25, -0.2) is 4.39 Å². The third-order valence-corrected chi connectivity index (χ3v) is 4.67. The Balaban J connectivity index is 2.61. The first-order valence-electron chi connectivity index (χ1n) is 7.49. The molecule has 19 heavy (non-hydrogen) atoms. The summed E-state index contributed by atoms with van der Waals surface area (Å²) in [5, 5.41) is 0. The number of Topliss-reactive ketones (excluding diaryl/α,β-unsaturated/α-hetero) is 2. The Morgan fingerprint density at radius 3 is 1.95 bits per heavy atom. The summed E-state index contributed by atoms with van der Waals surface area (Å²) >= 11 is 0. The highest BCUT2D eigenvalue weighted by molar-refractivity contribution is 6.03. The standard InChI is InChI=1S/C16H27FO2/c1-5-12(6-2)13(18)11-14(19)16(17)9-7-15(3,4)8-10-16/h12H,5-11H2,1-4H3. The molecule has 1 fully saturated rings. The maximum atomic E-state index is 14.6. The van der Waals surface area contributed by atoms with Gasteiger partial charge in [0.2, 0.25) is 0 Å². The molecule has 0 aliphatic heterocycles. The molecule has 0 bridgehead atoms. The fourth-order valence-corrected chi connectivity index (χ4v) is 2.81. The van der Waals surface area contributed by atoms with E-state index in [1.165, 1.54) is 0 Å². The van der Waals surface area contributed by atoms with Gasteiger partial charge in [-0.1, -0.05) is 27.7 Å². The predicted molar refractivity (Wildman–Crippen MR) is 74.8 cm³/mol. The van der Waals surface area contributed by atoms with E-state index < -0.39 is 11.5 Å². The topological polar surface area (TPSA) is 34.1 Å². The van der Waals surface area contributed by atoms with Gasteiger partial charge in [-0.15, -0.1) is 0 Å². The summed E-state index contributed by atoms with van der Waals surface area (Å²) in [6.45, 7) is 8.08. The molecule has 1 rings (SSSR count). The lowest BCUT2D eigenvalue weighted by molar-refractivity contribution is -0.139. The summed E-state index contributed by atoms with van der Waals surface area (Å²) in [6, 6.07) is 0. The number of rotatable bonds is 6. The Hall–Kier alpha value is -0.730. The summed E-state index contributed by atoms with van der Waals surface area (Å²) < 4.78 is 14.6. The third-order valence-electron chi connectivity index (χ3n) is 4.67. The van der Waals surface area contributed by atoms with Crippen LogP contribution in [-0.4, -0.2) is 17.2 Å². The van der Waals surface area contributed by atoms with Crippen LogP contribution in [0, 0.1) is 11.3 Å². The van der Waals surface area contributed by atoms with Crippen molar-refractivity contribution >= 4 is 11.6 Å².